The molecule has 9 heteroatoms. The zero-order valence-corrected chi connectivity index (χ0v) is 18.8. The summed E-state index contributed by atoms with van der Waals surface area (Å²) in [6, 6.07) is 7.30. The number of ether oxygens (including phenoxy) is 1. The molecule has 1 unspecified atom stereocenters. The van der Waals surface area contributed by atoms with E-state index in [0.29, 0.717) is 54.4 Å². The lowest BCUT2D eigenvalue weighted by Gasteiger charge is -2.31. The second-order valence-electron chi connectivity index (χ2n) is 7.97. The van der Waals surface area contributed by atoms with E-state index in [1.54, 1.807) is 30.9 Å². The van der Waals surface area contributed by atoms with Crippen molar-refractivity contribution in [1.29, 1.82) is 0 Å². The minimum Gasteiger partial charge on any atom is -0.466 e. The first-order chi connectivity index (χ1) is 15.4. The van der Waals surface area contributed by atoms with E-state index in [9.17, 15) is 14.4 Å². The molecule has 0 bridgehead atoms. The predicted octanol–water partition coefficient (Wildman–Crippen LogP) is 2.99. The number of aryl methyl sites for hydroxylation is 1. The molecule has 1 aromatic carbocycles. The van der Waals surface area contributed by atoms with E-state index in [0.717, 1.165) is 12.0 Å². The molecular formula is C23H25ClN4O4. The Morgan fingerprint density at radius 1 is 1.28 bits per heavy atom. The highest BCUT2D eigenvalue weighted by Crippen LogP contribution is 2.21. The van der Waals surface area contributed by atoms with E-state index in [4.69, 9.17) is 16.3 Å². The molecule has 1 aliphatic heterocycles. The van der Waals surface area contributed by atoms with Crippen molar-refractivity contribution in [2.24, 2.45) is 5.92 Å². The van der Waals surface area contributed by atoms with Gasteiger partial charge in [0, 0.05) is 42.0 Å². The molecule has 1 saturated heterocycles. The highest BCUT2D eigenvalue weighted by molar-refractivity contribution is 6.30. The van der Waals surface area contributed by atoms with Gasteiger partial charge in [-0.15, -0.1) is 0 Å². The van der Waals surface area contributed by atoms with Crippen LogP contribution in [-0.2, 0) is 16.0 Å². The molecule has 0 spiro atoms. The van der Waals surface area contributed by atoms with Gasteiger partial charge in [-0.2, -0.15) is 0 Å². The molecule has 2 aromatic heterocycles. The minimum atomic E-state index is -0.332. The average molecular weight is 457 g/mol. The second kappa shape index (κ2) is 9.16. The van der Waals surface area contributed by atoms with Crippen LogP contribution in [0, 0.1) is 12.8 Å². The van der Waals surface area contributed by atoms with Gasteiger partial charge >= 0.3 is 5.97 Å². The molecular weight excluding hydrogens is 432 g/mol. The maximum atomic E-state index is 13.2. The largest absolute Gasteiger partial charge is 0.466 e. The number of aromatic amines is 1. The monoisotopic (exact) mass is 456 g/mol. The minimum absolute atomic E-state index is 0.246. The first-order valence-electron chi connectivity index (χ1n) is 10.7. The van der Waals surface area contributed by atoms with Crippen molar-refractivity contribution in [3.8, 4) is 0 Å². The van der Waals surface area contributed by atoms with Gasteiger partial charge in [-0.25, -0.2) is 9.50 Å². The first kappa shape index (κ1) is 22.1. The number of hydrogen-bond donors (Lipinski definition) is 1. The summed E-state index contributed by atoms with van der Waals surface area (Å²) in [7, 11) is 0. The number of benzene rings is 1. The highest BCUT2D eigenvalue weighted by atomic mass is 35.5. The van der Waals surface area contributed by atoms with Gasteiger partial charge in [0.25, 0.3) is 11.5 Å². The lowest BCUT2D eigenvalue weighted by atomic mass is 9.97. The van der Waals surface area contributed by atoms with Crippen LogP contribution in [0.1, 0.15) is 46.9 Å². The van der Waals surface area contributed by atoms with Crippen molar-refractivity contribution in [3.63, 3.8) is 0 Å². The Morgan fingerprint density at radius 3 is 2.75 bits per heavy atom. The lowest BCUT2D eigenvalue weighted by molar-refractivity contribution is -0.149. The molecule has 0 aliphatic carbocycles. The Labute approximate surface area is 190 Å². The lowest BCUT2D eigenvalue weighted by Crippen LogP contribution is -2.42. The summed E-state index contributed by atoms with van der Waals surface area (Å²) in [4.78, 5) is 44.7. The molecule has 1 aliphatic rings. The van der Waals surface area contributed by atoms with E-state index in [2.05, 4.69) is 10.1 Å². The van der Waals surface area contributed by atoms with Crippen molar-refractivity contribution < 1.29 is 14.3 Å². The third kappa shape index (κ3) is 4.27. The van der Waals surface area contributed by atoms with Gasteiger partial charge in [0.1, 0.15) is 5.56 Å². The number of likely N-dealkylation sites (tertiary alicyclic amines) is 1. The Hall–Kier alpha value is -3.13. The summed E-state index contributed by atoms with van der Waals surface area (Å²) in [5.74, 6) is -0.864. The van der Waals surface area contributed by atoms with Crippen molar-refractivity contribution in [2.45, 2.75) is 33.1 Å². The number of amides is 1. The van der Waals surface area contributed by atoms with Gasteiger partial charge in [-0.1, -0.05) is 23.7 Å². The van der Waals surface area contributed by atoms with Crippen LogP contribution in [-0.4, -0.2) is 51.1 Å². The van der Waals surface area contributed by atoms with Crippen molar-refractivity contribution in [3.05, 3.63) is 68.2 Å². The SMILES string of the molecule is CCOC(=O)C1CCCN(C(=O)c2c[nH]n3c(=O)c(Cc4ccc(Cl)cc4)c(C)nc23)C1. The number of piperidine rings is 1. The van der Waals surface area contributed by atoms with Crippen molar-refractivity contribution in [1.82, 2.24) is 19.5 Å². The summed E-state index contributed by atoms with van der Waals surface area (Å²) >= 11 is 5.95. The fourth-order valence-corrected chi connectivity index (χ4v) is 4.23. The van der Waals surface area contributed by atoms with Crippen LogP contribution in [0.25, 0.3) is 5.65 Å². The van der Waals surface area contributed by atoms with Crippen molar-refractivity contribution in [2.75, 3.05) is 19.7 Å². The van der Waals surface area contributed by atoms with Gasteiger partial charge in [0.05, 0.1) is 12.5 Å². The molecule has 1 N–H and O–H groups in total. The number of carbonyl (C=O) groups excluding carboxylic acids is 2. The number of carbonyl (C=O) groups is 2. The van der Waals surface area contributed by atoms with Crippen LogP contribution in [0.3, 0.4) is 0 Å². The van der Waals surface area contributed by atoms with Crippen LogP contribution >= 0.6 is 11.6 Å². The van der Waals surface area contributed by atoms with Crippen LogP contribution < -0.4 is 5.56 Å². The molecule has 168 valence electrons. The zero-order valence-electron chi connectivity index (χ0n) is 18.1. The van der Waals surface area contributed by atoms with Gasteiger partial charge < -0.3 is 9.64 Å². The summed E-state index contributed by atoms with van der Waals surface area (Å²) in [6.45, 7) is 4.70. The first-order valence-corrected chi connectivity index (χ1v) is 11.1. The number of hydrogen-bond acceptors (Lipinski definition) is 5. The quantitative estimate of drug-likeness (QED) is 0.595. The van der Waals surface area contributed by atoms with Crippen LogP contribution in [0.4, 0.5) is 0 Å². The predicted molar refractivity (Wildman–Crippen MR) is 120 cm³/mol. The number of halogens is 1. The van der Waals surface area contributed by atoms with Crippen molar-refractivity contribution >= 4 is 29.1 Å². The molecule has 1 atom stereocenters. The summed E-state index contributed by atoms with van der Waals surface area (Å²) in [5.41, 5.74) is 2.41. The summed E-state index contributed by atoms with van der Waals surface area (Å²) < 4.78 is 6.43. The molecule has 0 radical (unpaired) electrons. The van der Waals surface area contributed by atoms with Gasteiger partial charge in [-0.3, -0.25) is 19.5 Å². The number of esters is 1. The van der Waals surface area contributed by atoms with E-state index in [1.807, 2.05) is 12.1 Å². The maximum absolute atomic E-state index is 13.2. The molecule has 8 nitrogen and oxygen atoms in total. The van der Waals surface area contributed by atoms with Crippen LogP contribution in [0.2, 0.25) is 5.02 Å². The number of nitrogens with zero attached hydrogens (tertiary/aromatic N) is 3. The third-order valence-electron chi connectivity index (χ3n) is 5.82. The number of aromatic nitrogens is 3. The van der Waals surface area contributed by atoms with E-state index >= 15 is 0 Å². The van der Waals surface area contributed by atoms with Gasteiger partial charge in [0.15, 0.2) is 5.65 Å². The fourth-order valence-electron chi connectivity index (χ4n) is 4.11. The highest BCUT2D eigenvalue weighted by Gasteiger charge is 2.31. The van der Waals surface area contributed by atoms with E-state index in [-0.39, 0.29) is 29.0 Å². The normalized spacial score (nSPS) is 16.3. The zero-order chi connectivity index (χ0) is 22.8. The molecule has 32 heavy (non-hydrogen) atoms. The smallest absolute Gasteiger partial charge is 0.310 e. The standard InChI is InChI=1S/C23H25ClN4O4/c1-3-32-23(31)16-5-4-10-27(13-16)21(29)19-12-25-28-20(19)26-14(2)18(22(28)30)11-15-6-8-17(24)9-7-15/h6-9,12,16,25H,3-5,10-11,13H2,1-2H3. The fraction of sp³-hybridized carbons (Fsp3) is 0.391. The van der Waals surface area contributed by atoms with Crippen LogP contribution in [0.5, 0.6) is 0 Å². The molecule has 1 amide bonds. The molecule has 0 saturated carbocycles. The van der Waals surface area contributed by atoms with Crippen LogP contribution in [0.15, 0.2) is 35.3 Å². The maximum Gasteiger partial charge on any atom is 0.310 e. The number of H-pyrrole nitrogens is 1. The third-order valence-corrected chi connectivity index (χ3v) is 6.07. The number of fused-ring (bicyclic) bond motifs is 1. The Kier molecular flexibility index (Phi) is 6.32. The second-order valence-corrected chi connectivity index (χ2v) is 8.41. The van der Waals surface area contributed by atoms with E-state index < -0.39 is 0 Å². The topological polar surface area (TPSA) is 96.8 Å². The van der Waals surface area contributed by atoms with Gasteiger partial charge in [-0.05, 0) is 44.4 Å². The van der Waals surface area contributed by atoms with E-state index in [1.165, 1.54) is 10.7 Å². The summed E-state index contributed by atoms with van der Waals surface area (Å²) in [6.07, 6.45) is 3.33. The summed E-state index contributed by atoms with van der Waals surface area (Å²) in [5, 5.41) is 3.51. The molecule has 4 rings (SSSR count). The molecule has 1 fully saturated rings. The Balaban J connectivity index is 1.62. The average Bonchev–Trinajstić information content (AvgIpc) is 3.21. The number of nitrogens with one attached hydrogen (secondary N) is 1. The Bertz CT molecular complexity index is 1220. The van der Waals surface area contributed by atoms with Gasteiger partial charge in [0.2, 0.25) is 0 Å². The number of rotatable bonds is 5. The molecule has 3 aromatic rings. The Morgan fingerprint density at radius 2 is 2.03 bits per heavy atom. The molecule has 3 heterocycles.